The fourth-order valence-corrected chi connectivity index (χ4v) is 1.12. The highest BCUT2D eigenvalue weighted by atomic mass is 32.1. The van der Waals surface area contributed by atoms with Crippen molar-refractivity contribution in [2.75, 3.05) is 7.11 Å². The van der Waals surface area contributed by atoms with E-state index >= 15 is 0 Å². The monoisotopic (exact) mass is 197 g/mol. The van der Waals surface area contributed by atoms with Crippen molar-refractivity contribution in [2.24, 2.45) is 5.73 Å². The van der Waals surface area contributed by atoms with E-state index in [0.29, 0.717) is 0 Å². The van der Waals surface area contributed by atoms with Crippen LogP contribution in [0.15, 0.2) is 24.3 Å². The van der Waals surface area contributed by atoms with Gasteiger partial charge in [-0.25, -0.2) is 0 Å². The van der Waals surface area contributed by atoms with Crippen molar-refractivity contribution in [1.29, 1.82) is 0 Å². The Morgan fingerprint density at radius 2 is 2.00 bits per heavy atom. The van der Waals surface area contributed by atoms with Crippen LogP contribution < -0.4 is 10.5 Å². The Bertz CT molecular complexity index is 297. The SMILES string of the molecule is COc1ccc(C(S)C(N)=O)cc1. The molecule has 0 radical (unpaired) electrons. The third-order valence-corrected chi connectivity index (χ3v) is 2.25. The number of primary amides is 1. The zero-order valence-corrected chi connectivity index (χ0v) is 8.12. The topological polar surface area (TPSA) is 52.3 Å². The molecule has 1 unspecified atom stereocenters. The number of rotatable bonds is 3. The summed E-state index contributed by atoms with van der Waals surface area (Å²) in [5.41, 5.74) is 5.87. The fourth-order valence-electron chi connectivity index (χ4n) is 0.950. The standard InChI is InChI=1S/C9H11NO2S/c1-12-7-4-2-6(3-5-7)8(13)9(10)11/h2-5,8,13H,1H3,(H2,10,11). The first-order chi connectivity index (χ1) is 6.15. The molecule has 2 N–H and O–H groups in total. The molecule has 1 atom stereocenters. The quantitative estimate of drug-likeness (QED) is 0.714. The average molecular weight is 197 g/mol. The second kappa shape index (κ2) is 4.18. The van der Waals surface area contributed by atoms with Crippen LogP contribution in [-0.4, -0.2) is 13.0 Å². The molecule has 0 fully saturated rings. The van der Waals surface area contributed by atoms with Gasteiger partial charge in [-0.15, -0.1) is 0 Å². The number of methoxy groups -OCH3 is 1. The third kappa shape index (κ3) is 2.39. The Hall–Kier alpha value is -1.16. The maximum absolute atomic E-state index is 10.8. The Morgan fingerprint density at radius 1 is 1.46 bits per heavy atom. The van der Waals surface area contributed by atoms with Crippen molar-refractivity contribution < 1.29 is 9.53 Å². The maximum atomic E-state index is 10.8. The lowest BCUT2D eigenvalue weighted by Crippen LogP contribution is -2.16. The molecule has 0 spiro atoms. The molecule has 0 bridgehead atoms. The van der Waals surface area contributed by atoms with Gasteiger partial charge in [-0.1, -0.05) is 12.1 Å². The molecule has 0 aliphatic rings. The van der Waals surface area contributed by atoms with Crippen LogP contribution in [0.3, 0.4) is 0 Å². The molecular formula is C9H11NO2S. The minimum atomic E-state index is -0.550. The summed E-state index contributed by atoms with van der Waals surface area (Å²) in [4.78, 5) is 10.8. The van der Waals surface area contributed by atoms with Gasteiger partial charge in [0, 0.05) is 0 Å². The van der Waals surface area contributed by atoms with E-state index < -0.39 is 11.2 Å². The first-order valence-corrected chi connectivity index (χ1v) is 4.28. The molecule has 3 nitrogen and oxygen atoms in total. The van der Waals surface area contributed by atoms with E-state index in [1.807, 2.05) is 0 Å². The summed E-state index contributed by atoms with van der Waals surface area (Å²) in [5, 5.41) is -0.550. The van der Waals surface area contributed by atoms with Gasteiger partial charge in [-0.05, 0) is 17.7 Å². The van der Waals surface area contributed by atoms with Crippen molar-refractivity contribution in [3.05, 3.63) is 29.8 Å². The molecule has 0 saturated carbocycles. The van der Waals surface area contributed by atoms with Gasteiger partial charge in [-0.2, -0.15) is 12.6 Å². The molecule has 4 heteroatoms. The number of benzene rings is 1. The van der Waals surface area contributed by atoms with Gasteiger partial charge in [0.05, 0.1) is 7.11 Å². The Labute approximate surface area is 82.3 Å². The van der Waals surface area contributed by atoms with E-state index in [4.69, 9.17) is 10.5 Å². The van der Waals surface area contributed by atoms with E-state index in [0.717, 1.165) is 11.3 Å². The number of amides is 1. The van der Waals surface area contributed by atoms with Crippen LogP contribution in [0.1, 0.15) is 10.8 Å². The van der Waals surface area contributed by atoms with Gasteiger partial charge in [0.25, 0.3) is 0 Å². The number of ether oxygens (including phenoxy) is 1. The minimum absolute atomic E-state index is 0.450. The highest BCUT2D eigenvalue weighted by molar-refractivity contribution is 7.81. The normalized spacial score (nSPS) is 12.2. The largest absolute Gasteiger partial charge is 0.497 e. The summed E-state index contributed by atoms with van der Waals surface area (Å²) < 4.78 is 4.97. The molecule has 70 valence electrons. The summed E-state index contributed by atoms with van der Waals surface area (Å²) in [6.07, 6.45) is 0. The Balaban J connectivity index is 2.85. The Morgan fingerprint density at radius 3 is 2.38 bits per heavy atom. The summed E-state index contributed by atoms with van der Waals surface area (Å²) in [6.45, 7) is 0. The highest BCUT2D eigenvalue weighted by Gasteiger charge is 2.11. The number of hydrogen-bond acceptors (Lipinski definition) is 3. The molecule has 0 aliphatic carbocycles. The lowest BCUT2D eigenvalue weighted by atomic mass is 10.1. The summed E-state index contributed by atoms with van der Waals surface area (Å²) in [5.74, 6) is 0.294. The van der Waals surface area contributed by atoms with Gasteiger partial charge >= 0.3 is 0 Å². The van der Waals surface area contributed by atoms with Gasteiger partial charge in [0.1, 0.15) is 11.0 Å². The predicted molar refractivity (Wildman–Crippen MR) is 53.9 cm³/mol. The molecule has 1 amide bonds. The smallest absolute Gasteiger partial charge is 0.234 e. The van der Waals surface area contributed by atoms with Crippen LogP contribution in [0.5, 0.6) is 5.75 Å². The average Bonchev–Trinajstić information content (AvgIpc) is 2.17. The molecule has 0 aromatic heterocycles. The van der Waals surface area contributed by atoms with Gasteiger partial charge in [0.15, 0.2) is 0 Å². The number of carbonyl (C=O) groups is 1. The molecule has 0 saturated heterocycles. The molecule has 0 heterocycles. The molecule has 13 heavy (non-hydrogen) atoms. The number of nitrogens with two attached hydrogens (primary N) is 1. The first kappa shape index (κ1) is 9.92. The number of thiol groups is 1. The number of carbonyl (C=O) groups excluding carboxylic acids is 1. The van der Waals surface area contributed by atoms with Crippen molar-refractivity contribution >= 4 is 18.5 Å². The van der Waals surface area contributed by atoms with E-state index in [2.05, 4.69) is 12.6 Å². The van der Waals surface area contributed by atoms with Crippen LogP contribution in [-0.2, 0) is 4.79 Å². The van der Waals surface area contributed by atoms with E-state index in [-0.39, 0.29) is 0 Å². The van der Waals surface area contributed by atoms with Crippen LogP contribution >= 0.6 is 12.6 Å². The van der Waals surface area contributed by atoms with Crippen molar-refractivity contribution in [2.45, 2.75) is 5.25 Å². The second-order valence-corrected chi connectivity index (χ2v) is 3.09. The summed E-state index contributed by atoms with van der Waals surface area (Å²) >= 11 is 4.06. The van der Waals surface area contributed by atoms with Gasteiger partial charge in [0.2, 0.25) is 5.91 Å². The van der Waals surface area contributed by atoms with Crippen LogP contribution in [0.4, 0.5) is 0 Å². The molecule has 1 rings (SSSR count). The first-order valence-electron chi connectivity index (χ1n) is 3.76. The summed E-state index contributed by atoms with van der Waals surface area (Å²) in [6, 6.07) is 7.06. The van der Waals surface area contributed by atoms with Crippen LogP contribution in [0, 0.1) is 0 Å². The maximum Gasteiger partial charge on any atom is 0.234 e. The zero-order chi connectivity index (χ0) is 9.84. The third-order valence-electron chi connectivity index (χ3n) is 1.70. The lowest BCUT2D eigenvalue weighted by molar-refractivity contribution is -0.117. The molecule has 1 aromatic rings. The molecule has 1 aromatic carbocycles. The van der Waals surface area contributed by atoms with E-state index in [9.17, 15) is 4.79 Å². The predicted octanol–water partition coefficient (Wildman–Crippen LogP) is 1.15. The second-order valence-electron chi connectivity index (χ2n) is 2.58. The number of hydrogen-bond donors (Lipinski definition) is 2. The van der Waals surface area contributed by atoms with Gasteiger partial charge in [-0.3, -0.25) is 4.79 Å². The minimum Gasteiger partial charge on any atom is -0.497 e. The summed E-state index contributed by atoms with van der Waals surface area (Å²) in [7, 11) is 1.58. The zero-order valence-electron chi connectivity index (χ0n) is 7.23. The molecule has 0 aliphatic heterocycles. The van der Waals surface area contributed by atoms with Crippen LogP contribution in [0.25, 0.3) is 0 Å². The van der Waals surface area contributed by atoms with E-state index in [1.165, 1.54) is 0 Å². The van der Waals surface area contributed by atoms with Crippen molar-refractivity contribution in [1.82, 2.24) is 0 Å². The Kier molecular flexibility index (Phi) is 3.19. The van der Waals surface area contributed by atoms with Crippen LogP contribution in [0.2, 0.25) is 0 Å². The fraction of sp³-hybridized carbons (Fsp3) is 0.222. The van der Waals surface area contributed by atoms with Crippen molar-refractivity contribution in [3.8, 4) is 5.75 Å². The van der Waals surface area contributed by atoms with E-state index in [1.54, 1.807) is 31.4 Å². The van der Waals surface area contributed by atoms with Crippen molar-refractivity contribution in [3.63, 3.8) is 0 Å². The lowest BCUT2D eigenvalue weighted by Gasteiger charge is -2.07. The molecular weight excluding hydrogens is 186 g/mol. The highest BCUT2D eigenvalue weighted by Crippen LogP contribution is 2.21. The van der Waals surface area contributed by atoms with Gasteiger partial charge < -0.3 is 10.5 Å².